The summed E-state index contributed by atoms with van der Waals surface area (Å²) in [5, 5.41) is 26.4. The molecule has 0 spiro atoms. The Morgan fingerprint density at radius 2 is 1.73 bits per heavy atom. The molecular weight excluding hydrogens is 594 g/mol. The van der Waals surface area contributed by atoms with Gasteiger partial charge < -0.3 is 29.9 Å². The molecule has 1 amide bonds. The van der Waals surface area contributed by atoms with Gasteiger partial charge in [0.15, 0.2) is 12.0 Å². The van der Waals surface area contributed by atoms with Gasteiger partial charge in [-0.05, 0) is 54.1 Å². The maximum atomic E-state index is 13.9. The molecule has 0 aliphatic carbocycles. The smallest absolute Gasteiger partial charge is 0.258 e. The molecule has 0 fully saturated rings. The highest BCUT2D eigenvalue weighted by Crippen LogP contribution is 2.37. The first-order chi connectivity index (χ1) is 21.5. The van der Waals surface area contributed by atoms with Crippen LogP contribution >= 0.6 is 0 Å². The van der Waals surface area contributed by atoms with E-state index in [1.807, 2.05) is 49.4 Å². The summed E-state index contributed by atoms with van der Waals surface area (Å²) in [5.74, 6) is 0.0717. The monoisotopic (exact) mass is 633 g/mol. The highest BCUT2D eigenvalue weighted by atomic mass is 32.2. The van der Waals surface area contributed by atoms with Gasteiger partial charge in [-0.2, -0.15) is 4.31 Å². The number of hydrogen-bond acceptors (Lipinski definition) is 8. The highest BCUT2D eigenvalue weighted by Gasteiger charge is 2.36. The molecule has 0 saturated carbocycles. The van der Waals surface area contributed by atoms with E-state index in [0.717, 1.165) is 10.8 Å². The fourth-order valence-corrected chi connectivity index (χ4v) is 6.75. The number of rotatable bonds is 10. The van der Waals surface area contributed by atoms with Crippen molar-refractivity contribution in [1.82, 2.24) is 9.21 Å². The third-order valence-corrected chi connectivity index (χ3v) is 10.1. The average molecular weight is 634 g/mol. The maximum absolute atomic E-state index is 13.9. The normalized spacial score (nSPS) is 18.5. The van der Waals surface area contributed by atoms with Crippen LogP contribution in [0.1, 0.15) is 36.0 Å². The molecule has 0 radical (unpaired) electrons. The van der Waals surface area contributed by atoms with Crippen LogP contribution in [0.15, 0.2) is 89.8 Å². The van der Waals surface area contributed by atoms with E-state index in [1.165, 1.54) is 30.6 Å². The van der Waals surface area contributed by atoms with Crippen LogP contribution in [0.4, 0.5) is 5.69 Å². The fraction of sp³-hybridized carbons (Fsp3) is 0.324. The summed E-state index contributed by atoms with van der Waals surface area (Å²) in [7, 11) is -0.895. The Labute approximate surface area is 263 Å². The van der Waals surface area contributed by atoms with E-state index in [0.29, 0.717) is 17.0 Å². The lowest BCUT2D eigenvalue weighted by molar-refractivity contribution is 0.0388. The summed E-state index contributed by atoms with van der Waals surface area (Å²) in [4.78, 5) is 15.6. The predicted molar refractivity (Wildman–Crippen MR) is 173 cm³/mol. The number of benzene rings is 4. The zero-order valence-electron chi connectivity index (χ0n) is 25.8. The largest absolute Gasteiger partial charge is 0.497 e. The molecule has 5 rings (SSSR count). The Morgan fingerprint density at radius 1 is 1.04 bits per heavy atom. The first-order valence-electron chi connectivity index (χ1n) is 14.8. The summed E-state index contributed by atoms with van der Waals surface area (Å²) < 4.78 is 40.1. The molecule has 1 aliphatic rings. The number of likely N-dealkylation sites (N-methyl/N-ethyl adjacent to an activating group) is 1. The summed E-state index contributed by atoms with van der Waals surface area (Å²) >= 11 is 0. The van der Waals surface area contributed by atoms with Gasteiger partial charge in [0, 0.05) is 25.1 Å². The van der Waals surface area contributed by atoms with Crippen molar-refractivity contribution < 1.29 is 32.9 Å². The second-order valence-electron chi connectivity index (χ2n) is 11.4. The second-order valence-corrected chi connectivity index (χ2v) is 13.4. The zero-order chi connectivity index (χ0) is 32.3. The van der Waals surface area contributed by atoms with Gasteiger partial charge in [-0.15, -0.1) is 0 Å². The number of carbonyl (C=O) groups is 1. The number of sulfonamides is 1. The number of carbonyl (C=O) groups excluding carboxylic acids is 1. The molecule has 45 heavy (non-hydrogen) atoms. The molecule has 0 bridgehead atoms. The summed E-state index contributed by atoms with van der Waals surface area (Å²) in [5.41, 5.74) is 1.26. The molecule has 3 N–H and O–H groups in total. The molecule has 4 aromatic carbocycles. The summed E-state index contributed by atoms with van der Waals surface area (Å²) in [6.07, 6.45) is -1.84. The number of para-hydroxylation sites is 1. The summed E-state index contributed by atoms with van der Waals surface area (Å²) in [6, 6.07) is 24.1. The molecular formula is C34H39N3O7S. The van der Waals surface area contributed by atoms with Crippen LogP contribution < -0.4 is 14.8 Å². The van der Waals surface area contributed by atoms with Gasteiger partial charge >= 0.3 is 0 Å². The standard InChI is InChI=1S/C34H39N3O7S/c1-22-19-37(23(2)21-38)34(40)29-13-8-14-30(35-33(39)28-12-7-10-24-9-5-6-11-27(24)28)32(29)44-31(22)20-36(3)45(41,42)26-17-15-25(43-4)16-18-26/h5-18,22-23,31,33,35,38-39H,19-21H2,1-4H3. The first-order valence-corrected chi connectivity index (χ1v) is 16.2. The topological polar surface area (TPSA) is 129 Å². The number of hydrogen-bond donors (Lipinski definition) is 3. The Bertz CT molecular complexity index is 1760. The summed E-state index contributed by atoms with van der Waals surface area (Å²) in [6.45, 7) is 3.61. The minimum absolute atomic E-state index is 0.0231. The van der Waals surface area contributed by atoms with E-state index in [2.05, 4.69) is 5.32 Å². The van der Waals surface area contributed by atoms with Gasteiger partial charge in [0.25, 0.3) is 5.91 Å². The van der Waals surface area contributed by atoms with Crippen LogP contribution in [0.2, 0.25) is 0 Å². The number of nitrogens with one attached hydrogen (secondary N) is 1. The number of nitrogens with zero attached hydrogens (tertiary/aromatic N) is 2. The van der Waals surface area contributed by atoms with E-state index in [-0.39, 0.29) is 47.7 Å². The van der Waals surface area contributed by atoms with E-state index in [9.17, 15) is 23.4 Å². The molecule has 1 heterocycles. The average Bonchev–Trinajstić information content (AvgIpc) is 3.05. The highest BCUT2D eigenvalue weighted by molar-refractivity contribution is 7.89. The van der Waals surface area contributed by atoms with Crippen LogP contribution in [0.5, 0.6) is 11.5 Å². The van der Waals surface area contributed by atoms with Crippen molar-refractivity contribution in [2.75, 3.05) is 39.2 Å². The van der Waals surface area contributed by atoms with E-state index < -0.39 is 28.4 Å². The number of fused-ring (bicyclic) bond motifs is 2. The first kappa shape index (κ1) is 32.2. The molecule has 0 aromatic heterocycles. The number of anilines is 1. The number of aliphatic hydroxyl groups excluding tert-OH is 2. The van der Waals surface area contributed by atoms with Crippen LogP contribution in [0.3, 0.4) is 0 Å². The van der Waals surface area contributed by atoms with Gasteiger partial charge in [0.05, 0.1) is 42.4 Å². The lowest BCUT2D eigenvalue weighted by Crippen LogP contribution is -2.50. The Balaban J connectivity index is 1.51. The number of amides is 1. The van der Waals surface area contributed by atoms with Crippen molar-refractivity contribution in [3.05, 3.63) is 96.1 Å². The van der Waals surface area contributed by atoms with Gasteiger partial charge in [-0.1, -0.05) is 55.5 Å². The van der Waals surface area contributed by atoms with Crippen molar-refractivity contribution in [1.29, 1.82) is 0 Å². The van der Waals surface area contributed by atoms with E-state index in [1.54, 1.807) is 42.2 Å². The molecule has 0 saturated heterocycles. The quantitative estimate of drug-likeness (QED) is 0.218. The van der Waals surface area contributed by atoms with Gasteiger partial charge in [0.2, 0.25) is 10.0 Å². The molecule has 10 nitrogen and oxygen atoms in total. The van der Waals surface area contributed by atoms with Crippen LogP contribution in [0.25, 0.3) is 10.8 Å². The van der Waals surface area contributed by atoms with Crippen molar-refractivity contribution in [3.8, 4) is 11.5 Å². The van der Waals surface area contributed by atoms with E-state index >= 15 is 0 Å². The molecule has 4 aromatic rings. The second kappa shape index (κ2) is 13.5. The van der Waals surface area contributed by atoms with Gasteiger partial charge in [-0.3, -0.25) is 4.79 Å². The Hall–Kier alpha value is -4.16. The molecule has 4 atom stereocenters. The van der Waals surface area contributed by atoms with Crippen molar-refractivity contribution in [3.63, 3.8) is 0 Å². The Kier molecular flexibility index (Phi) is 9.64. The minimum atomic E-state index is -3.89. The molecule has 238 valence electrons. The lowest BCUT2D eigenvalue weighted by Gasteiger charge is -2.38. The Morgan fingerprint density at radius 3 is 2.44 bits per heavy atom. The fourth-order valence-electron chi connectivity index (χ4n) is 5.57. The SMILES string of the molecule is COc1ccc(S(=O)(=O)N(C)CC2Oc3c(NC(O)c4cccc5ccccc45)cccc3C(=O)N(C(C)CO)CC2C)cc1. The number of aliphatic hydroxyl groups is 2. The third-order valence-electron chi connectivity index (χ3n) is 8.31. The lowest BCUT2D eigenvalue weighted by atomic mass is 9.99. The minimum Gasteiger partial charge on any atom is -0.497 e. The van der Waals surface area contributed by atoms with Crippen molar-refractivity contribution >= 4 is 32.4 Å². The maximum Gasteiger partial charge on any atom is 0.258 e. The van der Waals surface area contributed by atoms with Gasteiger partial charge in [-0.25, -0.2) is 8.42 Å². The zero-order valence-corrected chi connectivity index (χ0v) is 26.6. The van der Waals surface area contributed by atoms with Crippen molar-refractivity contribution in [2.24, 2.45) is 5.92 Å². The van der Waals surface area contributed by atoms with Crippen LogP contribution in [-0.4, -0.2) is 79.7 Å². The van der Waals surface area contributed by atoms with Crippen molar-refractivity contribution in [2.45, 2.75) is 37.1 Å². The molecule has 4 unspecified atom stereocenters. The molecule has 11 heteroatoms. The van der Waals surface area contributed by atoms with Crippen LogP contribution in [0, 0.1) is 5.92 Å². The third kappa shape index (κ3) is 6.62. The van der Waals surface area contributed by atoms with Crippen LogP contribution in [-0.2, 0) is 10.0 Å². The van der Waals surface area contributed by atoms with Gasteiger partial charge in [0.1, 0.15) is 11.9 Å². The number of ether oxygens (including phenoxy) is 2. The van der Waals surface area contributed by atoms with E-state index in [4.69, 9.17) is 9.47 Å². The number of methoxy groups -OCH3 is 1. The molecule has 1 aliphatic heterocycles. The predicted octanol–water partition coefficient (Wildman–Crippen LogP) is 4.49.